The van der Waals surface area contributed by atoms with Crippen molar-refractivity contribution in [3.05, 3.63) is 45.3 Å². The maximum atomic E-state index is 11.7. The van der Waals surface area contributed by atoms with Crippen LogP contribution in [0.2, 0.25) is 0 Å². The molecule has 0 saturated heterocycles. The zero-order chi connectivity index (χ0) is 16.7. The number of rotatable bonds is 4. The molecule has 0 atom stereocenters. The minimum atomic E-state index is -0.244. The summed E-state index contributed by atoms with van der Waals surface area (Å²) in [6.45, 7) is 4.81. The Labute approximate surface area is 140 Å². The Morgan fingerprint density at radius 1 is 1.29 bits per heavy atom. The number of anilines is 1. The third-order valence-corrected chi connectivity index (χ3v) is 5.13. The molecular formula is C15H15N7OS. The molecule has 0 aliphatic heterocycles. The zero-order valence-electron chi connectivity index (χ0n) is 13.2. The Morgan fingerprint density at radius 2 is 2.17 bits per heavy atom. The molecule has 0 amide bonds. The van der Waals surface area contributed by atoms with Crippen LogP contribution in [0.5, 0.6) is 0 Å². The molecule has 0 radical (unpaired) electrons. The maximum absolute atomic E-state index is 11.7. The fourth-order valence-corrected chi connectivity index (χ4v) is 3.66. The topological polar surface area (TPSA) is 101 Å². The third kappa shape index (κ3) is 2.33. The number of nitrogens with one attached hydrogen (secondary N) is 2. The molecule has 0 aromatic carbocycles. The van der Waals surface area contributed by atoms with Crippen molar-refractivity contribution >= 4 is 33.0 Å². The van der Waals surface area contributed by atoms with Crippen molar-refractivity contribution in [1.82, 2.24) is 29.5 Å². The van der Waals surface area contributed by atoms with Gasteiger partial charge in [0.05, 0.1) is 5.39 Å². The van der Waals surface area contributed by atoms with Crippen molar-refractivity contribution < 1.29 is 0 Å². The number of hydrogen-bond donors (Lipinski definition) is 2. The molecule has 122 valence electrons. The lowest BCUT2D eigenvalue weighted by Gasteiger charge is -2.06. The molecule has 0 aliphatic carbocycles. The van der Waals surface area contributed by atoms with E-state index in [0.717, 1.165) is 21.9 Å². The van der Waals surface area contributed by atoms with Crippen LogP contribution in [0.1, 0.15) is 16.3 Å². The minimum Gasteiger partial charge on any atom is -0.369 e. The summed E-state index contributed by atoms with van der Waals surface area (Å²) in [5.41, 5.74) is 1.27. The van der Waals surface area contributed by atoms with Crippen LogP contribution in [-0.4, -0.2) is 36.1 Å². The number of thiophene rings is 1. The average Bonchev–Trinajstić information content (AvgIpc) is 3.11. The van der Waals surface area contributed by atoms with Crippen LogP contribution >= 0.6 is 11.3 Å². The van der Waals surface area contributed by atoms with Gasteiger partial charge in [0.25, 0.3) is 5.56 Å². The van der Waals surface area contributed by atoms with E-state index in [0.29, 0.717) is 18.6 Å². The number of aromatic amines is 1. The summed E-state index contributed by atoms with van der Waals surface area (Å²) in [7, 11) is 0. The van der Waals surface area contributed by atoms with Gasteiger partial charge in [-0.1, -0.05) is 0 Å². The molecule has 8 nitrogen and oxygen atoms in total. The predicted molar refractivity (Wildman–Crippen MR) is 92.7 cm³/mol. The van der Waals surface area contributed by atoms with Crippen LogP contribution < -0.4 is 10.9 Å². The number of H-pyrrole nitrogens is 1. The van der Waals surface area contributed by atoms with Crippen LogP contribution in [0.25, 0.3) is 15.9 Å². The van der Waals surface area contributed by atoms with Gasteiger partial charge in [0.2, 0.25) is 5.65 Å². The van der Waals surface area contributed by atoms with Gasteiger partial charge >= 0.3 is 0 Å². The van der Waals surface area contributed by atoms with E-state index in [-0.39, 0.29) is 5.56 Å². The Bertz CT molecular complexity index is 1090. The summed E-state index contributed by atoms with van der Waals surface area (Å²) in [6.07, 6.45) is 5.53. The predicted octanol–water partition coefficient (Wildman–Crippen LogP) is 1.69. The van der Waals surface area contributed by atoms with E-state index < -0.39 is 0 Å². The van der Waals surface area contributed by atoms with E-state index in [1.807, 2.05) is 0 Å². The third-order valence-electron chi connectivity index (χ3n) is 4.01. The van der Waals surface area contributed by atoms with Crippen LogP contribution in [0.15, 0.2) is 23.5 Å². The van der Waals surface area contributed by atoms with Gasteiger partial charge in [-0.3, -0.25) is 9.20 Å². The van der Waals surface area contributed by atoms with E-state index >= 15 is 0 Å². The second-order valence-electron chi connectivity index (χ2n) is 5.46. The molecule has 0 spiro atoms. The Balaban J connectivity index is 1.57. The van der Waals surface area contributed by atoms with E-state index in [1.165, 1.54) is 10.4 Å². The number of fused-ring (bicyclic) bond motifs is 2. The maximum Gasteiger partial charge on any atom is 0.293 e. The smallest absolute Gasteiger partial charge is 0.293 e. The summed E-state index contributed by atoms with van der Waals surface area (Å²) in [4.78, 5) is 25.2. The van der Waals surface area contributed by atoms with Gasteiger partial charge in [0.1, 0.15) is 22.8 Å². The van der Waals surface area contributed by atoms with Crippen molar-refractivity contribution in [3.63, 3.8) is 0 Å². The van der Waals surface area contributed by atoms with Gasteiger partial charge in [-0.2, -0.15) is 0 Å². The standard InChI is InChI=1S/C15H15N7OS/c1-8-9(2)24-15-11(8)12(18-7-19-15)16-4-3-10-20-21-13-14(23)17-5-6-22(10)13/h5-7H,3-4H2,1-2H3,(H,17,23)(H,16,18,19). The van der Waals surface area contributed by atoms with E-state index in [9.17, 15) is 4.79 Å². The summed E-state index contributed by atoms with van der Waals surface area (Å²) in [5, 5.41) is 12.4. The highest BCUT2D eigenvalue weighted by Gasteiger charge is 2.12. The Morgan fingerprint density at radius 3 is 3.04 bits per heavy atom. The minimum absolute atomic E-state index is 0.244. The van der Waals surface area contributed by atoms with E-state index in [1.54, 1.807) is 34.5 Å². The number of aromatic nitrogens is 6. The van der Waals surface area contributed by atoms with Crippen LogP contribution in [0.3, 0.4) is 0 Å². The highest BCUT2D eigenvalue weighted by molar-refractivity contribution is 7.18. The largest absolute Gasteiger partial charge is 0.369 e. The molecule has 24 heavy (non-hydrogen) atoms. The SMILES string of the molecule is Cc1sc2ncnc(NCCc3nnc4c(=O)[nH]ccn34)c2c1C. The lowest BCUT2D eigenvalue weighted by molar-refractivity contribution is 0.865. The highest BCUT2D eigenvalue weighted by Crippen LogP contribution is 2.32. The molecule has 0 saturated carbocycles. The molecule has 4 heterocycles. The molecule has 0 bridgehead atoms. The van der Waals surface area contributed by atoms with Gasteiger partial charge in [0.15, 0.2) is 0 Å². The fraction of sp³-hybridized carbons (Fsp3) is 0.267. The zero-order valence-corrected chi connectivity index (χ0v) is 14.0. The Kier molecular flexibility index (Phi) is 3.49. The number of hydrogen-bond acceptors (Lipinski definition) is 7. The first kappa shape index (κ1) is 14.8. The molecule has 4 rings (SSSR count). The van der Waals surface area contributed by atoms with Crippen LogP contribution in [0.4, 0.5) is 5.82 Å². The van der Waals surface area contributed by atoms with Crippen LogP contribution in [-0.2, 0) is 6.42 Å². The molecule has 4 aromatic rings. The summed E-state index contributed by atoms with van der Waals surface area (Å²) in [6, 6.07) is 0. The molecule has 4 aromatic heterocycles. The normalized spacial score (nSPS) is 11.4. The first-order chi connectivity index (χ1) is 11.6. The first-order valence-electron chi connectivity index (χ1n) is 7.51. The van der Waals surface area contributed by atoms with Crippen molar-refractivity contribution in [2.45, 2.75) is 20.3 Å². The second kappa shape index (κ2) is 5.68. The molecule has 0 unspecified atom stereocenters. The molecule has 9 heteroatoms. The molecule has 2 N–H and O–H groups in total. The first-order valence-corrected chi connectivity index (χ1v) is 8.32. The van der Waals surface area contributed by atoms with Gasteiger partial charge in [-0.25, -0.2) is 9.97 Å². The molecule has 0 fully saturated rings. The number of nitrogens with zero attached hydrogens (tertiary/aromatic N) is 5. The molecular weight excluding hydrogens is 326 g/mol. The van der Waals surface area contributed by atoms with Crippen molar-refractivity contribution in [1.29, 1.82) is 0 Å². The molecule has 0 aliphatic rings. The average molecular weight is 341 g/mol. The van der Waals surface area contributed by atoms with Crippen molar-refractivity contribution in [2.24, 2.45) is 0 Å². The van der Waals surface area contributed by atoms with Crippen LogP contribution in [0, 0.1) is 13.8 Å². The summed E-state index contributed by atoms with van der Waals surface area (Å²) >= 11 is 1.67. The van der Waals surface area contributed by atoms with Gasteiger partial charge in [-0.05, 0) is 19.4 Å². The van der Waals surface area contributed by atoms with Crippen molar-refractivity contribution in [2.75, 3.05) is 11.9 Å². The summed E-state index contributed by atoms with van der Waals surface area (Å²) in [5.74, 6) is 1.56. The van der Waals surface area contributed by atoms with Gasteiger partial charge < -0.3 is 10.3 Å². The highest BCUT2D eigenvalue weighted by atomic mass is 32.1. The van der Waals surface area contributed by atoms with E-state index in [4.69, 9.17) is 0 Å². The van der Waals surface area contributed by atoms with Gasteiger partial charge in [0, 0.05) is 30.2 Å². The lowest BCUT2D eigenvalue weighted by atomic mass is 10.2. The van der Waals surface area contributed by atoms with Gasteiger partial charge in [-0.15, -0.1) is 21.5 Å². The quantitative estimate of drug-likeness (QED) is 0.586. The number of aryl methyl sites for hydroxylation is 2. The summed E-state index contributed by atoms with van der Waals surface area (Å²) < 4.78 is 1.70. The van der Waals surface area contributed by atoms with Crippen molar-refractivity contribution in [3.8, 4) is 0 Å². The monoisotopic (exact) mass is 341 g/mol. The second-order valence-corrected chi connectivity index (χ2v) is 6.66. The lowest BCUT2D eigenvalue weighted by Crippen LogP contribution is -2.12. The van der Waals surface area contributed by atoms with E-state index in [2.05, 4.69) is 44.3 Å². The fourth-order valence-electron chi connectivity index (χ4n) is 2.67. The Hall–Kier alpha value is -2.81.